The molecule has 0 saturated carbocycles. The van der Waals surface area contributed by atoms with Crippen molar-refractivity contribution in [3.8, 4) is 6.07 Å². The lowest BCUT2D eigenvalue weighted by Crippen LogP contribution is -2.57. The Kier molecular flexibility index (Phi) is 7.93. The highest BCUT2D eigenvalue weighted by Gasteiger charge is 2.37. The lowest BCUT2D eigenvalue weighted by atomic mass is 9.88. The largest absolute Gasteiger partial charge is 0.441 e. The molecule has 3 rings (SSSR count). The van der Waals surface area contributed by atoms with Crippen LogP contribution in [-0.4, -0.2) is 58.5 Å². The van der Waals surface area contributed by atoms with Crippen molar-refractivity contribution in [2.75, 3.05) is 36.5 Å². The van der Waals surface area contributed by atoms with Crippen molar-refractivity contribution in [3.05, 3.63) is 34.8 Å². The van der Waals surface area contributed by atoms with E-state index in [1.807, 2.05) is 13.0 Å². The average molecular weight is 444 g/mol. The summed E-state index contributed by atoms with van der Waals surface area (Å²) in [5.74, 6) is 0.659. The third-order valence-electron chi connectivity index (χ3n) is 5.48. The molecule has 1 atom stereocenters. The van der Waals surface area contributed by atoms with Gasteiger partial charge < -0.3 is 20.0 Å². The zero-order valence-corrected chi connectivity index (χ0v) is 18.8. The number of nitrogens with zero attached hydrogens (tertiary/aromatic N) is 3. The highest BCUT2D eigenvalue weighted by atomic mass is 32.2. The molecular weight excluding hydrogens is 414 g/mol. The molecule has 1 aliphatic rings. The van der Waals surface area contributed by atoms with E-state index in [0.29, 0.717) is 35.4 Å². The topological polar surface area (TPSA) is 111 Å². The van der Waals surface area contributed by atoms with Crippen LogP contribution in [0.25, 0.3) is 11.0 Å². The smallest absolute Gasteiger partial charge is 0.408 e. The number of rotatable bonds is 9. The SMILES string of the molecule is CCCN1CCC(C#N)(NC(=O)C(CSCC)Nc2nc(=O)oc3ccccc23)CC1. The van der Waals surface area contributed by atoms with Gasteiger partial charge in [-0.2, -0.15) is 22.0 Å². The maximum Gasteiger partial charge on any atom is 0.441 e. The minimum Gasteiger partial charge on any atom is -0.408 e. The third kappa shape index (κ3) is 5.77. The molecule has 2 aromatic rings. The van der Waals surface area contributed by atoms with Crippen LogP contribution >= 0.6 is 11.8 Å². The summed E-state index contributed by atoms with van der Waals surface area (Å²) in [6.07, 6.45) is 2.26. The number of hydrogen-bond donors (Lipinski definition) is 2. The second-order valence-electron chi connectivity index (χ2n) is 7.71. The zero-order chi connectivity index (χ0) is 22.3. The number of benzene rings is 1. The maximum absolute atomic E-state index is 13.2. The van der Waals surface area contributed by atoms with Crippen LogP contribution in [0.5, 0.6) is 0 Å². The Morgan fingerprint density at radius 3 is 2.77 bits per heavy atom. The quantitative estimate of drug-likeness (QED) is 0.608. The zero-order valence-electron chi connectivity index (χ0n) is 18.0. The van der Waals surface area contributed by atoms with E-state index in [4.69, 9.17) is 4.42 Å². The van der Waals surface area contributed by atoms with Gasteiger partial charge in [0.1, 0.15) is 23.0 Å². The number of carbonyl (C=O) groups excluding carboxylic acids is 1. The first-order chi connectivity index (χ1) is 15.0. The summed E-state index contributed by atoms with van der Waals surface area (Å²) in [6.45, 7) is 6.73. The molecule has 8 nitrogen and oxygen atoms in total. The molecule has 1 amide bonds. The van der Waals surface area contributed by atoms with Crippen molar-refractivity contribution in [1.82, 2.24) is 15.2 Å². The molecule has 0 radical (unpaired) electrons. The van der Waals surface area contributed by atoms with Crippen molar-refractivity contribution in [2.45, 2.75) is 44.7 Å². The first kappa shape index (κ1) is 23.1. The van der Waals surface area contributed by atoms with Crippen LogP contribution < -0.4 is 16.4 Å². The van der Waals surface area contributed by atoms with Crippen LogP contribution in [0.15, 0.2) is 33.5 Å². The van der Waals surface area contributed by atoms with Crippen molar-refractivity contribution in [3.63, 3.8) is 0 Å². The molecule has 1 saturated heterocycles. The highest BCUT2D eigenvalue weighted by molar-refractivity contribution is 7.99. The van der Waals surface area contributed by atoms with E-state index >= 15 is 0 Å². The number of thioether (sulfide) groups is 1. The molecule has 1 aromatic heterocycles. The number of likely N-dealkylation sites (tertiary alicyclic amines) is 1. The van der Waals surface area contributed by atoms with Gasteiger partial charge in [-0.05, 0) is 43.7 Å². The first-order valence-electron chi connectivity index (χ1n) is 10.7. The van der Waals surface area contributed by atoms with Crippen molar-refractivity contribution >= 4 is 34.5 Å². The number of amides is 1. The molecule has 0 bridgehead atoms. The highest BCUT2D eigenvalue weighted by Crippen LogP contribution is 2.24. The normalized spacial score (nSPS) is 17.1. The van der Waals surface area contributed by atoms with Crippen molar-refractivity contribution in [2.24, 2.45) is 0 Å². The summed E-state index contributed by atoms with van der Waals surface area (Å²) in [6, 6.07) is 8.78. The maximum atomic E-state index is 13.2. The van der Waals surface area contributed by atoms with Crippen LogP contribution in [-0.2, 0) is 4.79 Å². The average Bonchev–Trinajstić information content (AvgIpc) is 2.78. The van der Waals surface area contributed by atoms with Gasteiger partial charge in [0.15, 0.2) is 0 Å². The van der Waals surface area contributed by atoms with Gasteiger partial charge in [-0.3, -0.25) is 4.79 Å². The minimum absolute atomic E-state index is 0.259. The molecule has 9 heteroatoms. The van der Waals surface area contributed by atoms with Gasteiger partial charge in [-0.25, -0.2) is 4.79 Å². The minimum atomic E-state index is -0.872. The van der Waals surface area contributed by atoms with Gasteiger partial charge in [-0.1, -0.05) is 26.0 Å². The van der Waals surface area contributed by atoms with E-state index in [-0.39, 0.29) is 5.91 Å². The number of aromatic nitrogens is 1. The number of para-hydroxylation sites is 1. The van der Waals surface area contributed by atoms with Crippen LogP contribution in [0, 0.1) is 11.3 Å². The number of nitrogens with one attached hydrogen (secondary N) is 2. The summed E-state index contributed by atoms with van der Waals surface area (Å²) < 4.78 is 5.15. The van der Waals surface area contributed by atoms with E-state index < -0.39 is 17.3 Å². The Morgan fingerprint density at radius 2 is 2.10 bits per heavy atom. The molecule has 1 aliphatic heterocycles. The lowest BCUT2D eigenvalue weighted by molar-refractivity contribution is -0.123. The van der Waals surface area contributed by atoms with Crippen LogP contribution in [0.3, 0.4) is 0 Å². The first-order valence-corrected chi connectivity index (χ1v) is 11.9. The fourth-order valence-corrected chi connectivity index (χ4v) is 4.48. The second kappa shape index (κ2) is 10.6. The van der Waals surface area contributed by atoms with E-state index in [1.54, 1.807) is 30.0 Å². The van der Waals surface area contributed by atoms with Gasteiger partial charge in [0.2, 0.25) is 5.91 Å². The number of hydrogen-bond acceptors (Lipinski definition) is 8. The van der Waals surface area contributed by atoms with Gasteiger partial charge in [0.25, 0.3) is 0 Å². The molecule has 0 aliphatic carbocycles. The second-order valence-corrected chi connectivity index (χ2v) is 9.02. The molecule has 31 heavy (non-hydrogen) atoms. The Bertz CT molecular complexity index is 995. The predicted molar refractivity (Wildman–Crippen MR) is 123 cm³/mol. The van der Waals surface area contributed by atoms with Crippen LogP contribution in [0.4, 0.5) is 5.82 Å². The van der Waals surface area contributed by atoms with Crippen molar-refractivity contribution < 1.29 is 9.21 Å². The molecule has 1 unspecified atom stereocenters. The summed E-state index contributed by atoms with van der Waals surface area (Å²) in [7, 11) is 0. The number of anilines is 1. The summed E-state index contributed by atoms with van der Waals surface area (Å²) in [5.41, 5.74) is -0.465. The summed E-state index contributed by atoms with van der Waals surface area (Å²) in [4.78, 5) is 31.4. The lowest BCUT2D eigenvalue weighted by Gasteiger charge is -2.38. The van der Waals surface area contributed by atoms with Gasteiger partial charge in [0.05, 0.1) is 11.5 Å². The van der Waals surface area contributed by atoms with Gasteiger partial charge in [-0.15, -0.1) is 0 Å². The Hall–Kier alpha value is -2.57. The Balaban J connectivity index is 1.79. The Morgan fingerprint density at radius 1 is 1.35 bits per heavy atom. The molecule has 1 fully saturated rings. The molecule has 1 aromatic carbocycles. The summed E-state index contributed by atoms with van der Waals surface area (Å²) in [5, 5.41) is 16.6. The van der Waals surface area contributed by atoms with Crippen LogP contribution in [0.2, 0.25) is 0 Å². The monoisotopic (exact) mass is 443 g/mol. The number of nitriles is 1. The molecule has 2 heterocycles. The summed E-state index contributed by atoms with van der Waals surface area (Å²) >= 11 is 1.61. The Labute approximate surface area is 186 Å². The van der Waals surface area contributed by atoms with E-state index in [0.717, 1.165) is 31.8 Å². The number of piperidine rings is 1. The van der Waals surface area contributed by atoms with Gasteiger partial charge in [0, 0.05) is 18.8 Å². The molecule has 2 N–H and O–H groups in total. The van der Waals surface area contributed by atoms with Crippen molar-refractivity contribution in [1.29, 1.82) is 5.26 Å². The van der Waals surface area contributed by atoms with Crippen LogP contribution in [0.1, 0.15) is 33.1 Å². The standard InChI is InChI=1S/C22H29N5O3S/c1-3-11-27-12-9-22(15-23,10-13-27)26-20(28)17(14-31-4-2)24-19-16-7-5-6-8-18(16)30-21(29)25-19/h5-8,17H,3-4,9-14H2,1-2H3,(H,26,28)(H,24,25,29). The van der Waals surface area contributed by atoms with Gasteiger partial charge >= 0.3 is 5.76 Å². The molecule has 166 valence electrons. The van der Waals surface area contributed by atoms with E-state index in [2.05, 4.69) is 33.5 Å². The fourth-order valence-electron chi connectivity index (χ4n) is 3.78. The predicted octanol–water partition coefficient (Wildman–Crippen LogP) is 2.61. The third-order valence-corrected chi connectivity index (χ3v) is 6.46. The fraction of sp³-hybridized carbons (Fsp3) is 0.545. The number of carbonyl (C=O) groups is 1. The molecule has 0 spiro atoms. The number of fused-ring (bicyclic) bond motifs is 1. The molecular formula is C22H29N5O3S. The van der Waals surface area contributed by atoms with E-state index in [1.165, 1.54) is 0 Å². The van der Waals surface area contributed by atoms with E-state index in [9.17, 15) is 14.9 Å².